The predicted molar refractivity (Wildman–Crippen MR) is 194 cm³/mol. The first-order chi connectivity index (χ1) is 22.8. The average Bonchev–Trinajstić information content (AvgIpc) is 3.63. The molecule has 4 heterocycles. The average molecular weight is 587 g/mol. The van der Waals surface area contributed by atoms with E-state index in [1.54, 1.807) is 0 Å². The van der Waals surface area contributed by atoms with Crippen LogP contribution in [0.2, 0.25) is 0 Å². The molecule has 1 aliphatic heterocycles. The van der Waals surface area contributed by atoms with Crippen LogP contribution in [0.5, 0.6) is 0 Å². The molecule has 0 fully saturated rings. The third-order valence-corrected chi connectivity index (χ3v) is 10.0. The molecule has 214 valence electrons. The molecule has 0 saturated heterocycles. The van der Waals surface area contributed by atoms with Crippen LogP contribution in [0.1, 0.15) is 0 Å². The van der Waals surface area contributed by atoms with Gasteiger partial charge in [-0.3, -0.25) is 4.40 Å². The van der Waals surface area contributed by atoms with Crippen LogP contribution in [0.25, 0.3) is 76.4 Å². The zero-order chi connectivity index (χ0) is 29.9. The Kier molecular flexibility index (Phi) is 4.60. The first-order valence-electron chi connectivity index (χ1n) is 15.9. The number of hydrogen-bond donors (Lipinski definition) is 1. The van der Waals surface area contributed by atoms with E-state index >= 15 is 0 Å². The zero-order valence-electron chi connectivity index (χ0n) is 24.8. The largest absolute Gasteiger partial charge is 0.357 e. The molecule has 3 aromatic heterocycles. The monoisotopic (exact) mass is 586 g/mol. The number of fused-ring (bicyclic) bond motifs is 13. The molecule has 1 atom stereocenters. The van der Waals surface area contributed by atoms with Gasteiger partial charge in [0.25, 0.3) is 0 Å². The molecule has 0 amide bonds. The van der Waals surface area contributed by atoms with Gasteiger partial charge in [-0.25, -0.2) is 4.99 Å². The minimum Gasteiger partial charge on any atom is -0.357 e. The number of benzene rings is 6. The third kappa shape index (κ3) is 3.10. The van der Waals surface area contributed by atoms with Crippen molar-refractivity contribution >= 4 is 82.5 Å². The Labute approximate surface area is 263 Å². The van der Waals surface area contributed by atoms with Gasteiger partial charge in [0.15, 0.2) is 0 Å². The van der Waals surface area contributed by atoms with E-state index in [1.807, 2.05) is 0 Å². The van der Waals surface area contributed by atoms with Crippen molar-refractivity contribution in [1.82, 2.24) is 8.80 Å². The van der Waals surface area contributed by atoms with Gasteiger partial charge in [0.1, 0.15) is 11.5 Å². The second-order valence-electron chi connectivity index (χ2n) is 12.5. The summed E-state index contributed by atoms with van der Waals surface area (Å²) in [6.07, 6.45) is 8.52. The molecule has 11 rings (SSSR count). The highest BCUT2D eigenvalue weighted by atomic mass is 15.1. The topological polar surface area (TPSA) is 33.2 Å². The fourth-order valence-corrected chi connectivity index (χ4v) is 7.96. The Morgan fingerprint density at radius 3 is 2.00 bits per heavy atom. The van der Waals surface area contributed by atoms with E-state index in [1.165, 1.54) is 65.5 Å². The highest BCUT2D eigenvalue weighted by molar-refractivity contribution is 6.25. The molecular weight excluding hydrogens is 560 g/mol. The van der Waals surface area contributed by atoms with Crippen molar-refractivity contribution in [3.05, 3.63) is 146 Å². The second-order valence-corrected chi connectivity index (χ2v) is 12.5. The smallest absolute Gasteiger partial charge is 0.139 e. The van der Waals surface area contributed by atoms with E-state index in [9.17, 15) is 0 Å². The quantitative estimate of drug-likeness (QED) is 0.204. The van der Waals surface area contributed by atoms with Crippen molar-refractivity contribution in [2.75, 3.05) is 5.32 Å². The first kappa shape index (κ1) is 24.2. The number of nitrogens with zero attached hydrogens (tertiary/aromatic N) is 3. The van der Waals surface area contributed by atoms with Crippen LogP contribution in [0, 0.1) is 0 Å². The predicted octanol–water partition coefficient (Wildman–Crippen LogP) is 10.6. The molecule has 1 aliphatic carbocycles. The van der Waals surface area contributed by atoms with Gasteiger partial charge < -0.3 is 9.72 Å². The van der Waals surface area contributed by atoms with E-state index in [2.05, 4.69) is 160 Å². The zero-order valence-corrected chi connectivity index (χ0v) is 24.8. The number of rotatable bonds is 1. The number of hydrogen-bond acceptors (Lipinski definition) is 2. The van der Waals surface area contributed by atoms with Crippen LogP contribution in [-0.2, 0) is 0 Å². The standard InChI is InChI=1S/C42H26N4/c1-2-10-26-23-27(18-17-25(26)9-1)28-19-20-33-38(24-28)45-36-15-7-3-11-29(36)31-21-22-32-30-12-4-8-16-37(30)46(41(32)40(31)45)42-39(33)43-34-13-5-6-14-35(34)44-42/h1-24,35,44H. The van der Waals surface area contributed by atoms with Gasteiger partial charge in [0, 0.05) is 26.9 Å². The maximum atomic E-state index is 5.45. The lowest BCUT2D eigenvalue weighted by Gasteiger charge is -2.26. The van der Waals surface area contributed by atoms with Gasteiger partial charge in [-0.15, -0.1) is 0 Å². The summed E-state index contributed by atoms with van der Waals surface area (Å²) in [5, 5.41) is 12.5. The molecule has 9 aromatic rings. The fraction of sp³-hybridized carbons (Fsp3) is 0.0238. The van der Waals surface area contributed by atoms with Crippen molar-refractivity contribution in [3.63, 3.8) is 0 Å². The number of aromatic nitrogens is 2. The summed E-state index contributed by atoms with van der Waals surface area (Å²) in [5.41, 5.74) is 10.3. The summed E-state index contributed by atoms with van der Waals surface area (Å²) in [4.78, 5) is 5.45. The van der Waals surface area contributed by atoms with E-state index in [4.69, 9.17) is 4.99 Å². The summed E-state index contributed by atoms with van der Waals surface area (Å²) in [7, 11) is 0. The van der Waals surface area contributed by atoms with E-state index in [-0.39, 0.29) is 6.04 Å². The summed E-state index contributed by atoms with van der Waals surface area (Å²) < 4.78 is 4.93. The molecule has 4 heteroatoms. The number of anilines is 1. The Morgan fingerprint density at radius 2 is 1.17 bits per heavy atom. The lowest BCUT2D eigenvalue weighted by atomic mass is 9.99. The van der Waals surface area contributed by atoms with E-state index in [0.29, 0.717) is 0 Å². The van der Waals surface area contributed by atoms with Crippen LogP contribution in [0.15, 0.2) is 151 Å². The minimum atomic E-state index is 0.00442. The highest BCUT2D eigenvalue weighted by Crippen LogP contribution is 2.46. The van der Waals surface area contributed by atoms with E-state index in [0.717, 1.165) is 28.1 Å². The SMILES string of the molecule is C1=CC2=Nc3c(n4c5ccccc5c5ccc6c7ccccc7n(c7cc(-c8ccc9ccccc9c8)ccc37)c6c54)NC2C=C1. The lowest BCUT2D eigenvalue weighted by molar-refractivity contribution is 1.08. The Hall–Kier alpha value is -6.13. The van der Waals surface area contributed by atoms with Crippen LogP contribution >= 0.6 is 0 Å². The third-order valence-electron chi connectivity index (χ3n) is 10.0. The first-order valence-corrected chi connectivity index (χ1v) is 15.9. The van der Waals surface area contributed by atoms with Crippen molar-refractivity contribution in [2.45, 2.75) is 6.04 Å². The second kappa shape index (κ2) is 8.74. The highest BCUT2D eigenvalue weighted by Gasteiger charge is 2.27. The minimum absolute atomic E-state index is 0.00442. The summed E-state index contributed by atoms with van der Waals surface area (Å²) in [6.45, 7) is 0. The van der Waals surface area contributed by atoms with Crippen LogP contribution in [0.3, 0.4) is 0 Å². The molecular formula is C42H26N4. The van der Waals surface area contributed by atoms with Crippen molar-refractivity contribution in [2.24, 2.45) is 4.99 Å². The molecule has 2 aliphatic rings. The fourth-order valence-electron chi connectivity index (χ4n) is 7.96. The number of allylic oxidation sites excluding steroid dienone is 2. The molecule has 6 aromatic carbocycles. The summed E-state index contributed by atoms with van der Waals surface area (Å²) in [5.74, 6) is 1.02. The normalized spacial score (nSPS) is 15.7. The van der Waals surface area contributed by atoms with E-state index < -0.39 is 0 Å². The van der Waals surface area contributed by atoms with Gasteiger partial charge in [-0.2, -0.15) is 0 Å². The molecule has 0 saturated carbocycles. The van der Waals surface area contributed by atoms with Crippen LogP contribution in [0.4, 0.5) is 11.5 Å². The van der Waals surface area contributed by atoms with Gasteiger partial charge in [-0.1, -0.05) is 109 Å². The maximum Gasteiger partial charge on any atom is 0.139 e. The molecule has 4 nitrogen and oxygen atoms in total. The van der Waals surface area contributed by atoms with Crippen molar-refractivity contribution in [3.8, 4) is 11.1 Å². The molecule has 46 heavy (non-hydrogen) atoms. The van der Waals surface area contributed by atoms with Gasteiger partial charge in [-0.05, 0) is 58.3 Å². The Bertz CT molecular complexity index is 2890. The summed E-state index contributed by atoms with van der Waals surface area (Å²) >= 11 is 0. The molecule has 0 bridgehead atoms. The van der Waals surface area contributed by atoms with Gasteiger partial charge in [0.2, 0.25) is 0 Å². The number of nitrogens with one attached hydrogen (secondary N) is 1. The van der Waals surface area contributed by atoms with Crippen molar-refractivity contribution in [1.29, 1.82) is 0 Å². The van der Waals surface area contributed by atoms with Crippen LogP contribution in [-0.4, -0.2) is 20.6 Å². The maximum absolute atomic E-state index is 5.45. The summed E-state index contributed by atoms with van der Waals surface area (Å²) in [6, 6.07) is 44.5. The van der Waals surface area contributed by atoms with Crippen LogP contribution < -0.4 is 5.32 Å². The lowest BCUT2D eigenvalue weighted by Crippen LogP contribution is -2.30. The molecule has 0 radical (unpaired) electrons. The molecule has 1 unspecified atom stereocenters. The van der Waals surface area contributed by atoms with Gasteiger partial charge in [0.05, 0.1) is 39.3 Å². The molecule has 0 spiro atoms. The Morgan fingerprint density at radius 1 is 0.522 bits per heavy atom. The number of aliphatic imine (C=N–C) groups is 1. The number of para-hydroxylation sites is 2. The van der Waals surface area contributed by atoms with Crippen molar-refractivity contribution < 1.29 is 0 Å². The molecule has 1 N–H and O–H groups in total. The van der Waals surface area contributed by atoms with Gasteiger partial charge >= 0.3 is 0 Å². The Balaban J connectivity index is 1.41.